The molecule has 0 bridgehead atoms. The van der Waals surface area contributed by atoms with E-state index >= 15 is 0 Å². The summed E-state index contributed by atoms with van der Waals surface area (Å²) in [6, 6.07) is 3.72. The molecule has 3 atom stereocenters. The fraction of sp³-hybridized carbons (Fsp3) is 0.414. The van der Waals surface area contributed by atoms with Crippen molar-refractivity contribution >= 4 is 46.0 Å². The molecule has 0 N–H and O–H groups in total. The van der Waals surface area contributed by atoms with E-state index in [-0.39, 0.29) is 87.9 Å². The number of benzene rings is 2. The Bertz CT molecular complexity index is 1640. The lowest BCUT2D eigenvalue weighted by Gasteiger charge is -2.44. The lowest BCUT2D eigenvalue weighted by atomic mass is 9.96. The summed E-state index contributed by atoms with van der Waals surface area (Å²) in [5.41, 5.74) is -1.54. The molecule has 0 spiro atoms. The van der Waals surface area contributed by atoms with Crippen LogP contribution in [0.4, 0.5) is 23.4 Å². The molecule has 5 rings (SSSR count). The molecule has 0 aliphatic carbocycles. The Kier molecular flexibility index (Phi) is 8.81. The highest BCUT2D eigenvalue weighted by atomic mass is 35.5. The number of thioether (sulfide) groups is 1. The Hall–Kier alpha value is -3.13. The number of hydrogen-bond acceptors (Lipinski definition) is 7. The average molecular weight is 641 g/mol. The minimum absolute atomic E-state index is 0.0232. The molecule has 14 heteroatoms. The predicted molar refractivity (Wildman–Crippen MR) is 157 cm³/mol. The molecule has 1 saturated heterocycles. The van der Waals surface area contributed by atoms with E-state index in [1.165, 1.54) is 23.8 Å². The summed E-state index contributed by atoms with van der Waals surface area (Å²) in [4.78, 5) is 34.0. The third-order valence-corrected chi connectivity index (χ3v) is 9.10. The number of nitrogens with zero attached hydrogens (tertiary/aromatic N) is 4. The molecule has 3 aromatic rings. The molecule has 230 valence electrons. The number of amides is 1. The van der Waals surface area contributed by atoms with Crippen LogP contribution in [-0.2, 0) is 27.0 Å². The standard InChI is InChI=1S/C29H29ClF4N4O4S/c1-5-23(39)38-15(2)10-36(11-16(38)3)27-19-9-20(29(32,33)34)24(17-6-7-22(31)21(30)8-17)26-25(19)37(28(40)35-27)12-18(13-43-26)42-14-41-4/h5-9,15-16,18H,1,10-14H2,2-4H3/t15-,16+,18?. The fourth-order valence-electron chi connectivity index (χ4n) is 5.84. The Labute approximate surface area is 254 Å². The van der Waals surface area contributed by atoms with Gasteiger partial charge < -0.3 is 19.3 Å². The van der Waals surface area contributed by atoms with Crippen molar-refractivity contribution in [1.82, 2.24) is 14.5 Å². The van der Waals surface area contributed by atoms with Crippen LogP contribution in [0.2, 0.25) is 5.02 Å². The lowest BCUT2D eigenvalue weighted by molar-refractivity contribution is -0.137. The Morgan fingerprint density at radius 3 is 2.51 bits per heavy atom. The van der Waals surface area contributed by atoms with E-state index in [1.807, 2.05) is 13.8 Å². The molecule has 2 aromatic carbocycles. The van der Waals surface area contributed by atoms with Crippen molar-refractivity contribution in [2.75, 3.05) is 37.6 Å². The highest BCUT2D eigenvalue weighted by molar-refractivity contribution is 7.99. The number of hydrogen-bond donors (Lipinski definition) is 0. The van der Waals surface area contributed by atoms with Gasteiger partial charge in [0.05, 0.1) is 28.8 Å². The van der Waals surface area contributed by atoms with E-state index in [1.54, 1.807) is 9.80 Å². The van der Waals surface area contributed by atoms with Gasteiger partial charge in [0.1, 0.15) is 18.4 Å². The van der Waals surface area contributed by atoms with E-state index in [2.05, 4.69) is 11.6 Å². The van der Waals surface area contributed by atoms with Gasteiger partial charge in [0.2, 0.25) is 5.91 Å². The molecular formula is C29H29ClF4N4O4S. The van der Waals surface area contributed by atoms with Gasteiger partial charge in [-0.3, -0.25) is 9.36 Å². The predicted octanol–water partition coefficient (Wildman–Crippen LogP) is 5.58. The van der Waals surface area contributed by atoms with Gasteiger partial charge in [0.15, 0.2) is 0 Å². The smallest absolute Gasteiger partial charge is 0.359 e. The zero-order chi connectivity index (χ0) is 31.2. The maximum absolute atomic E-state index is 14.9. The van der Waals surface area contributed by atoms with Crippen molar-refractivity contribution in [3.8, 4) is 11.1 Å². The van der Waals surface area contributed by atoms with Crippen molar-refractivity contribution in [3.63, 3.8) is 0 Å². The molecule has 43 heavy (non-hydrogen) atoms. The Balaban J connectivity index is 1.80. The Morgan fingerprint density at radius 1 is 1.21 bits per heavy atom. The number of methoxy groups -OCH3 is 1. The molecule has 1 amide bonds. The molecule has 1 aromatic heterocycles. The van der Waals surface area contributed by atoms with Crippen molar-refractivity contribution < 1.29 is 31.8 Å². The summed E-state index contributed by atoms with van der Waals surface area (Å²) in [6.07, 6.45) is -4.19. The van der Waals surface area contributed by atoms with E-state index in [0.29, 0.717) is 0 Å². The molecule has 3 heterocycles. The largest absolute Gasteiger partial charge is 0.417 e. The van der Waals surface area contributed by atoms with Crippen LogP contribution in [0.1, 0.15) is 19.4 Å². The van der Waals surface area contributed by atoms with Crippen LogP contribution < -0.4 is 10.6 Å². The van der Waals surface area contributed by atoms with E-state index in [0.717, 1.165) is 30.0 Å². The summed E-state index contributed by atoms with van der Waals surface area (Å²) < 4.78 is 70.8. The van der Waals surface area contributed by atoms with E-state index in [4.69, 9.17) is 21.1 Å². The SMILES string of the molecule is C=CC(=O)N1[C@H](C)CN(c2nc(=O)n3c4c(c(-c5ccc(F)c(Cl)c5)c(C(F)(F)F)cc24)SCC(OCOC)C3)C[C@@H]1C. The van der Waals surface area contributed by atoms with Crippen LogP contribution >= 0.6 is 23.4 Å². The van der Waals surface area contributed by atoms with Crippen molar-refractivity contribution in [3.05, 3.63) is 63.8 Å². The first-order valence-corrected chi connectivity index (χ1v) is 14.8. The van der Waals surface area contributed by atoms with Gasteiger partial charge in [-0.05, 0) is 43.7 Å². The van der Waals surface area contributed by atoms with Crippen molar-refractivity contribution in [2.45, 2.75) is 49.7 Å². The summed E-state index contributed by atoms with van der Waals surface area (Å²) in [5, 5.41) is -0.206. The Morgan fingerprint density at radius 2 is 1.91 bits per heavy atom. The number of carbonyl (C=O) groups is 1. The second-order valence-electron chi connectivity index (χ2n) is 10.5. The molecular weight excluding hydrogens is 612 g/mol. The monoisotopic (exact) mass is 640 g/mol. The minimum Gasteiger partial charge on any atom is -0.359 e. The number of piperazine rings is 1. The second-order valence-corrected chi connectivity index (χ2v) is 12.0. The number of alkyl halides is 3. The number of rotatable bonds is 6. The van der Waals surface area contributed by atoms with Crippen LogP contribution in [-0.4, -0.2) is 71.3 Å². The van der Waals surface area contributed by atoms with Crippen LogP contribution in [0.3, 0.4) is 0 Å². The lowest BCUT2D eigenvalue weighted by Crippen LogP contribution is -2.58. The van der Waals surface area contributed by atoms with Gasteiger partial charge in [0.25, 0.3) is 0 Å². The van der Waals surface area contributed by atoms with Crippen molar-refractivity contribution in [2.24, 2.45) is 0 Å². The molecule has 2 aliphatic heterocycles. The highest BCUT2D eigenvalue weighted by Crippen LogP contribution is 2.48. The molecule has 1 unspecified atom stereocenters. The van der Waals surface area contributed by atoms with Crippen molar-refractivity contribution in [1.29, 1.82) is 0 Å². The van der Waals surface area contributed by atoms with E-state index in [9.17, 15) is 27.2 Å². The van der Waals surface area contributed by atoms with Gasteiger partial charge >= 0.3 is 11.9 Å². The highest BCUT2D eigenvalue weighted by Gasteiger charge is 2.40. The third-order valence-electron chi connectivity index (χ3n) is 7.58. The molecule has 8 nitrogen and oxygen atoms in total. The maximum atomic E-state index is 14.9. The van der Waals surface area contributed by atoms with Gasteiger partial charge in [-0.15, -0.1) is 11.8 Å². The second kappa shape index (κ2) is 12.1. The van der Waals surface area contributed by atoms with Crippen LogP contribution in [0.5, 0.6) is 0 Å². The molecule has 0 radical (unpaired) electrons. The van der Waals surface area contributed by atoms with Gasteiger partial charge in [-0.25, -0.2) is 9.18 Å². The minimum atomic E-state index is -4.83. The molecule has 2 aliphatic rings. The van der Waals surface area contributed by atoms with Gasteiger partial charge in [-0.2, -0.15) is 18.2 Å². The number of carbonyl (C=O) groups excluding carboxylic acids is 1. The first kappa shape index (κ1) is 31.3. The quantitative estimate of drug-likeness (QED) is 0.198. The summed E-state index contributed by atoms with van der Waals surface area (Å²) in [5.74, 6) is -0.740. The van der Waals surface area contributed by atoms with Crippen LogP contribution in [0, 0.1) is 5.82 Å². The first-order chi connectivity index (χ1) is 20.3. The number of halogens is 5. The zero-order valence-electron chi connectivity index (χ0n) is 23.6. The van der Waals surface area contributed by atoms with Crippen LogP contribution in [0.15, 0.2) is 46.6 Å². The summed E-state index contributed by atoms with van der Waals surface area (Å²) in [7, 11) is 1.44. The van der Waals surface area contributed by atoms with Gasteiger partial charge in [-0.1, -0.05) is 24.2 Å². The molecule has 0 saturated carbocycles. The fourth-order valence-corrected chi connectivity index (χ4v) is 7.30. The van der Waals surface area contributed by atoms with Gasteiger partial charge in [0, 0.05) is 53.9 Å². The number of ether oxygens (including phenoxy) is 2. The maximum Gasteiger partial charge on any atom is 0.417 e. The average Bonchev–Trinajstić information content (AvgIpc) is 3.14. The van der Waals surface area contributed by atoms with E-state index < -0.39 is 29.4 Å². The third kappa shape index (κ3) is 5.87. The molecule has 1 fully saturated rings. The number of anilines is 1. The normalized spacial score (nSPS) is 20.8. The summed E-state index contributed by atoms with van der Waals surface area (Å²) >= 11 is 7.13. The summed E-state index contributed by atoms with van der Waals surface area (Å²) in [6.45, 7) is 7.60. The zero-order valence-corrected chi connectivity index (χ0v) is 25.2. The first-order valence-electron chi connectivity index (χ1n) is 13.4. The topological polar surface area (TPSA) is 76.9 Å². The van der Waals surface area contributed by atoms with Crippen LogP contribution in [0.25, 0.3) is 22.0 Å². The number of aromatic nitrogens is 2.